The molecule has 0 radical (unpaired) electrons. The van der Waals surface area contributed by atoms with Crippen LogP contribution in [-0.2, 0) is 4.79 Å². The number of nitrogens with one attached hydrogen (secondary N) is 2. The molecule has 3 aromatic rings. The van der Waals surface area contributed by atoms with Crippen molar-refractivity contribution in [3.8, 4) is 16.9 Å². The molecule has 0 spiro atoms. The van der Waals surface area contributed by atoms with Gasteiger partial charge in [-0.05, 0) is 37.2 Å². The molecule has 1 heterocycles. The van der Waals surface area contributed by atoms with Crippen molar-refractivity contribution in [2.75, 3.05) is 18.4 Å². The zero-order chi connectivity index (χ0) is 19.1. The van der Waals surface area contributed by atoms with E-state index in [4.69, 9.17) is 0 Å². The first kappa shape index (κ1) is 18.8. The molecule has 0 unspecified atom stereocenters. The van der Waals surface area contributed by atoms with Crippen LogP contribution in [-0.4, -0.2) is 28.8 Å². The molecule has 0 saturated carbocycles. The summed E-state index contributed by atoms with van der Waals surface area (Å²) < 4.78 is 14.9. The lowest BCUT2D eigenvalue weighted by Gasteiger charge is -2.09. The zero-order valence-corrected chi connectivity index (χ0v) is 15.3. The Balaban J connectivity index is 1.85. The molecule has 0 aliphatic carbocycles. The number of amides is 1. The maximum Gasteiger partial charge on any atom is 0.239 e. The predicted octanol–water partition coefficient (Wildman–Crippen LogP) is 4.01. The molecule has 0 saturated heterocycles. The minimum atomic E-state index is -0.320. The molecule has 140 valence electrons. The Hall–Kier alpha value is -2.99. The van der Waals surface area contributed by atoms with Gasteiger partial charge in [-0.15, -0.1) is 0 Å². The van der Waals surface area contributed by atoms with Gasteiger partial charge in [-0.1, -0.05) is 43.7 Å². The monoisotopic (exact) mass is 366 g/mol. The molecule has 2 aromatic carbocycles. The fourth-order valence-electron chi connectivity index (χ4n) is 2.69. The third-order valence-corrected chi connectivity index (χ3v) is 4.11. The van der Waals surface area contributed by atoms with Crippen LogP contribution in [0.25, 0.3) is 16.9 Å². The van der Waals surface area contributed by atoms with Gasteiger partial charge in [0.15, 0.2) is 0 Å². The number of aromatic nitrogens is 2. The van der Waals surface area contributed by atoms with Crippen LogP contribution < -0.4 is 10.6 Å². The standard InChI is InChI=1S/C21H23FN4O/c1-2-3-13-23-15-21(27)24-20-14-19(16-7-5-4-6-8-16)25-26(20)18-11-9-17(22)10-12-18/h4-12,14,23H,2-3,13,15H2,1H3,(H,24,27). The number of carbonyl (C=O) groups is 1. The summed E-state index contributed by atoms with van der Waals surface area (Å²) >= 11 is 0. The molecule has 0 fully saturated rings. The Morgan fingerprint density at radius 3 is 2.56 bits per heavy atom. The molecule has 3 rings (SSSR count). The van der Waals surface area contributed by atoms with Gasteiger partial charge < -0.3 is 10.6 Å². The Labute approximate surface area is 158 Å². The van der Waals surface area contributed by atoms with Crippen LogP contribution in [0.1, 0.15) is 19.8 Å². The van der Waals surface area contributed by atoms with Crippen LogP contribution >= 0.6 is 0 Å². The average molecular weight is 366 g/mol. The molecule has 0 aliphatic rings. The highest BCUT2D eigenvalue weighted by Gasteiger charge is 2.13. The van der Waals surface area contributed by atoms with E-state index in [9.17, 15) is 9.18 Å². The first-order valence-corrected chi connectivity index (χ1v) is 9.09. The highest BCUT2D eigenvalue weighted by atomic mass is 19.1. The number of hydrogen-bond donors (Lipinski definition) is 2. The van der Waals surface area contributed by atoms with Gasteiger partial charge in [0.2, 0.25) is 5.91 Å². The van der Waals surface area contributed by atoms with Gasteiger partial charge in [-0.25, -0.2) is 9.07 Å². The minimum absolute atomic E-state index is 0.144. The smallest absolute Gasteiger partial charge is 0.239 e. The Bertz CT molecular complexity index is 875. The minimum Gasteiger partial charge on any atom is -0.309 e. The van der Waals surface area contributed by atoms with Crippen LogP contribution in [0.15, 0.2) is 60.7 Å². The summed E-state index contributed by atoms with van der Waals surface area (Å²) in [5.41, 5.74) is 2.34. The molecular formula is C21H23FN4O. The SMILES string of the molecule is CCCCNCC(=O)Nc1cc(-c2ccccc2)nn1-c1ccc(F)cc1. The largest absolute Gasteiger partial charge is 0.309 e. The van der Waals surface area contributed by atoms with E-state index >= 15 is 0 Å². The highest BCUT2D eigenvalue weighted by Crippen LogP contribution is 2.24. The number of hydrogen-bond acceptors (Lipinski definition) is 3. The summed E-state index contributed by atoms with van der Waals surface area (Å²) in [6.07, 6.45) is 2.10. The summed E-state index contributed by atoms with van der Waals surface area (Å²) in [6, 6.07) is 17.5. The lowest BCUT2D eigenvalue weighted by molar-refractivity contribution is -0.115. The summed E-state index contributed by atoms with van der Waals surface area (Å²) in [5, 5.41) is 10.6. The van der Waals surface area contributed by atoms with Gasteiger partial charge in [0, 0.05) is 11.6 Å². The third kappa shape index (κ3) is 5.01. The maximum absolute atomic E-state index is 13.3. The normalized spacial score (nSPS) is 10.7. The van der Waals surface area contributed by atoms with E-state index in [1.165, 1.54) is 12.1 Å². The van der Waals surface area contributed by atoms with Gasteiger partial charge >= 0.3 is 0 Å². The summed E-state index contributed by atoms with van der Waals surface area (Å²) in [5.74, 6) is 0.0802. The van der Waals surface area contributed by atoms with Crippen molar-refractivity contribution < 1.29 is 9.18 Å². The van der Waals surface area contributed by atoms with Crippen LogP contribution in [0.2, 0.25) is 0 Å². The average Bonchev–Trinajstić information content (AvgIpc) is 3.10. The fourth-order valence-corrected chi connectivity index (χ4v) is 2.69. The Kier molecular flexibility index (Phi) is 6.33. The maximum atomic E-state index is 13.3. The third-order valence-electron chi connectivity index (χ3n) is 4.11. The summed E-state index contributed by atoms with van der Waals surface area (Å²) in [4.78, 5) is 12.3. The number of carbonyl (C=O) groups excluding carboxylic acids is 1. The zero-order valence-electron chi connectivity index (χ0n) is 15.3. The van der Waals surface area contributed by atoms with E-state index in [1.807, 2.05) is 36.4 Å². The number of benzene rings is 2. The molecular weight excluding hydrogens is 343 g/mol. The van der Waals surface area contributed by atoms with Gasteiger partial charge in [0.05, 0.1) is 17.9 Å². The van der Waals surface area contributed by atoms with Crippen LogP contribution in [0, 0.1) is 5.82 Å². The van der Waals surface area contributed by atoms with Gasteiger partial charge in [0.25, 0.3) is 0 Å². The summed E-state index contributed by atoms with van der Waals surface area (Å²) in [7, 11) is 0. The van der Waals surface area contributed by atoms with E-state index < -0.39 is 0 Å². The van der Waals surface area contributed by atoms with Crippen molar-refractivity contribution in [3.05, 3.63) is 66.5 Å². The van der Waals surface area contributed by atoms with Crippen molar-refractivity contribution in [1.29, 1.82) is 0 Å². The number of halogens is 1. The van der Waals surface area contributed by atoms with E-state index in [1.54, 1.807) is 16.8 Å². The molecule has 1 amide bonds. The number of rotatable bonds is 8. The van der Waals surface area contributed by atoms with E-state index in [0.29, 0.717) is 11.5 Å². The van der Waals surface area contributed by atoms with Crippen molar-refractivity contribution >= 4 is 11.7 Å². The molecule has 0 aliphatic heterocycles. The number of anilines is 1. The molecule has 0 atom stereocenters. The first-order chi connectivity index (χ1) is 13.2. The number of unbranched alkanes of at least 4 members (excludes halogenated alkanes) is 1. The van der Waals surface area contributed by atoms with Crippen LogP contribution in [0.4, 0.5) is 10.2 Å². The molecule has 2 N–H and O–H groups in total. The van der Waals surface area contributed by atoms with Crippen molar-refractivity contribution in [1.82, 2.24) is 15.1 Å². The number of nitrogens with zero attached hydrogens (tertiary/aromatic N) is 2. The van der Waals surface area contributed by atoms with Gasteiger partial charge in [-0.2, -0.15) is 5.10 Å². The Morgan fingerprint density at radius 1 is 1.11 bits per heavy atom. The lowest BCUT2D eigenvalue weighted by Crippen LogP contribution is -2.29. The van der Waals surface area contributed by atoms with Crippen LogP contribution in [0.3, 0.4) is 0 Å². The Morgan fingerprint density at radius 2 is 1.85 bits per heavy atom. The topological polar surface area (TPSA) is 59.0 Å². The second-order valence-electron chi connectivity index (χ2n) is 6.25. The fraction of sp³-hybridized carbons (Fsp3) is 0.238. The predicted molar refractivity (Wildman–Crippen MR) is 105 cm³/mol. The first-order valence-electron chi connectivity index (χ1n) is 9.09. The van der Waals surface area contributed by atoms with E-state index in [2.05, 4.69) is 22.7 Å². The molecule has 5 nitrogen and oxygen atoms in total. The van der Waals surface area contributed by atoms with Gasteiger partial charge in [0.1, 0.15) is 11.6 Å². The molecule has 0 bridgehead atoms. The molecule has 6 heteroatoms. The van der Waals surface area contributed by atoms with Crippen molar-refractivity contribution in [3.63, 3.8) is 0 Å². The van der Waals surface area contributed by atoms with E-state index in [-0.39, 0.29) is 18.3 Å². The van der Waals surface area contributed by atoms with Crippen molar-refractivity contribution in [2.24, 2.45) is 0 Å². The van der Waals surface area contributed by atoms with E-state index in [0.717, 1.165) is 30.6 Å². The second kappa shape index (κ2) is 9.09. The van der Waals surface area contributed by atoms with Crippen LogP contribution in [0.5, 0.6) is 0 Å². The van der Waals surface area contributed by atoms with Gasteiger partial charge in [-0.3, -0.25) is 4.79 Å². The quantitative estimate of drug-likeness (QED) is 0.592. The molecule has 27 heavy (non-hydrogen) atoms. The lowest BCUT2D eigenvalue weighted by atomic mass is 10.2. The molecule has 1 aromatic heterocycles. The highest BCUT2D eigenvalue weighted by molar-refractivity contribution is 5.92. The van der Waals surface area contributed by atoms with Crippen molar-refractivity contribution in [2.45, 2.75) is 19.8 Å². The second-order valence-corrected chi connectivity index (χ2v) is 6.25. The summed E-state index contributed by atoms with van der Waals surface area (Å²) in [6.45, 7) is 3.14.